The minimum Gasteiger partial charge on any atom is -0.495 e. The van der Waals surface area contributed by atoms with Gasteiger partial charge in [-0.2, -0.15) is 0 Å². The number of hydrogen-bond acceptors (Lipinski definition) is 9. The lowest BCUT2D eigenvalue weighted by Gasteiger charge is -2.29. The van der Waals surface area contributed by atoms with E-state index in [1.807, 2.05) is 43.3 Å². The second-order valence-electron chi connectivity index (χ2n) is 14.7. The number of esters is 1. The second kappa shape index (κ2) is 17.2. The van der Waals surface area contributed by atoms with Crippen LogP contribution in [0.5, 0.6) is 17.2 Å². The van der Waals surface area contributed by atoms with E-state index in [9.17, 15) is 19.2 Å². The molecule has 2 atom stereocenters. The Morgan fingerprint density at radius 2 is 1.56 bits per heavy atom. The molecule has 1 heterocycles. The molecule has 0 spiro atoms. The Labute approximate surface area is 317 Å². The zero-order valence-electron chi connectivity index (χ0n) is 32.5. The minimum atomic E-state index is -1.14. The molecular formula is C41H53N5O8. The maximum absolute atomic E-state index is 14.3. The zero-order valence-corrected chi connectivity index (χ0v) is 32.5. The topological polar surface area (TPSA) is 148 Å². The van der Waals surface area contributed by atoms with Gasteiger partial charge < -0.3 is 39.8 Å². The Morgan fingerprint density at radius 3 is 2.20 bits per heavy atom. The van der Waals surface area contributed by atoms with Crippen LogP contribution in [0.25, 0.3) is 0 Å². The molecule has 2 aliphatic rings. The SMILES string of the molecule is COc1cc(CN2C(=O)N(C(CNC(CC(=O)OC(C)C)c3ccc(OC)c(OC)c3)CC3CC3)C(=O)C2(C)C)ccc1NC(=O)Nc1ccccc1C. The molecular weight excluding hydrogens is 690 g/mol. The van der Waals surface area contributed by atoms with Gasteiger partial charge in [-0.3, -0.25) is 14.5 Å². The average molecular weight is 744 g/mol. The van der Waals surface area contributed by atoms with Crippen LogP contribution in [0.1, 0.15) is 76.1 Å². The number of amides is 5. The first kappa shape index (κ1) is 39.9. The van der Waals surface area contributed by atoms with Gasteiger partial charge in [0.1, 0.15) is 11.3 Å². The van der Waals surface area contributed by atoms with Gasteiger partial charge >= 0.3 is 18.0 Å². The predicted molar refractivity (Wildman–Crippen MR) is 206 cm³/mol. The van der Waals surface area contributed by atoms with Crippen LogP contribution >= 0.6 is 0 Å². The summed E-state index contributed by atoms with van der Waals surface area (Å²) in [6.45, 7) is 9.43. The van der Waals surface area contributed by atoms with Crippen molar-refractivity contribution in [2.45, 2.75) is 90.6 Å². The van der Waals surface area contributed by atoms with Gasteiger partial charge in [-0.15, -0.1) is 0 Å². The van der Waals surface area contributed by atoms with Crippen molar-refractivity contribution in [2.24, 2.45) is 5.92 Å². The molecule has 0 aromatic heterocycles. The highest BCUT2D eigenvalue weighted by Gasteiger charge is 2.53. The smallest absolute Gasteiger partial charge is 0.328 e. The summed E-state index contributed by atoms with van der Waals surface area (Å²) in [5.74, 6) is 1.21. The fraction of sp³-hybridized carbons (Fsp3) is 0.463. The van der Waals surface area contributed by atoms with Gasteiger partial charge in [0.05, 0.1) is 45.6 Å². The quantitative estimate of drug-likeness (QED) is 0.0978. The van der Waals surface area contributed by atoms with E-state index < -0.39 is 29.7 Å². The lowest BCUT2D eigenvalue weighted by Crippen LogP contribution is -2.48. The van der Waals surface area contributed by atoms with Crippen molar-refractivity contribution in [2.75, 3.05) is 38.5 Å². The summed E-state index contributed by atoms with van der Waals surface area (Å²) in [5.41, 5.74) is 2.43. The molecule has 5 amide bonds. The number of nitrogens with one attached hydrogen (secondary N) is 3. The summed E-state index contributed by atoms with van der Waals surface area (Å²) in [7, 11) is 4.61. The molecule has 3 N–H and O–H groups in total. The predicted octanol–water partition coefficient (Wildman–Crippen LogP) is 7.05. The van der Waals surface area contributed by atoms with Crippen LogP contribution in [-0.2, 0) is 20.9 Å². The molecule has 3 aromatic carbocycles. The molecule has 3 aromatic rings. The van der Waals surface area contributed by atoms with E-state index in [0.29, 0.717) is 41.0 Å². The number of urea groups is 2. The van der Waals surface area contributed by atoms with Crippen LogP contribution in [0.15, 0.2) is 60.7 Å². The van der Waals surface area contributed by atoms with Crippen LogP contribution in [0.3, 0.4) is 0 Å². The van der Waals surface area contributed by atoms with E-state index in [0.717, 1.165) is 29.5 Å². The summed E-state index contributed by atoms with van der Waals surface area (Å²) in [6.07, 6.45) is 2.45. The van der Waals surface area contributed by atoms with Crippen LogP contribution in [0, 0.1) is 12.8 Å². The molecule has 1 saturated heterocycles. The number of hydrogen-bond donors (Lipinski definition) is 3. The third-order valence-corrected chi connectivity index (χ3v) is 9.92. The summed E-state index contributed by atoms with van der Waals surface area (Å²) in [4.78, 5) is 57.2. The standard InChI is InChI=1S/C41H53N5O8/c1-25(2)54-37(47)22-33(29-16-18-34(51-6)36(21-29)53-8)42-23-30(19-27-13-14-27)46-38(48)41(4,5)45(40(46)50)24-28-15-17-32(35(20-28)52-7)44-39(49)43-31-12-10-9-11-26(31)3/h9-12,15-18,20-21,25,27,30,33,42H,13-14,19,22-24H2,1-8H3,(H2,43,44,49). The van der Waals surface area contributed by atoms with Crippen molar-refractivity contribution in [3.8, 4) is 17.2 Å². The van der Waals surface area contributed by atoms with Gasteiger partial charge in [-0.1, -0.05) is 43.2 Å². The highest BCUT2D eigenvalue weighted by atomic mass is 16.5. The van der Waals surface area contributed by atoms with Crippen LogP contribution in [-0.4, -0.2) is 79.3 Å². The molecule has 2 unspecified atom stereocenters. The molecule has 5 rings (SSSR count). The molecule has 1 aliphatic carbocycles. The summed E-state index contributed by atoms with van der Waals surface area (Å²) >= 11 is 0. The van der Waals surface area contributed by atoms with Crippen molar-refractivity contribution in [1.82, 2.24) is 15.1 Å². The first-order valence-electron chi connectivity index (χ1n) is 18.4. The average Bonchev–Trinajstić information content (AvgIpc) is 3.94. The fourth-order valence-corrected chi connectivity index (χ4v) is 6.71. The lowest BCUT2D eigenvalue weighted by molar-refractivity contribution is -0.148. The van der Waals surface area contributed by atoms with Crippen molar-refractivity contribution >= 4 is 35.3 Å². The van der Waals surface area contributed by atoms with E-state index in [-0.39, 0.29) is 37.5 Å². The molecule has 0 bridgehead atoms. The maximum Gasteiger partial charge on any atom is 0.328 e. The molecule has 0 radical (unpaired) electrons. The highest BCUT2D eigenvalue weighted by molar-refractivity contribution is 6.07. The van der Waals surface area contributed by atoms with E-state index in [2.05, 4.69) is 16.0 Å². The van der Waals surface area contributed by atoms with Gasteiger partial charge in [0.15, 0.2) is 11.5 Å². The molecule has 54 heavy (non-hydrogen) atoms. The number of para-hydroxylation sites is 1. The number of ether oxygens (including phenoxy) is 4. The minimum absolute atomic E-state index is 0.0313. The number of nitrogens with zero attached hydrogens (tertiary/aromatic N) is 2. The normalized spacial score (nSPS) is 16.2. The summed E-state index contributed by atoms with van der Waals surface area (Å²) < 4.78 is 22.1. The second-order valence-corrected chi connectivity index (χ2v) is 14.7. The van der Waals surface area contributed by atoms with E-state index in [1.165, 1.54) is 12.0 Å². The summed E-state index contributed by atoms with van der Waals surface area (Å²) in [5, 5.41) is 9.20. The molecule has 2 fully saturated rings. The van der Waals surface area contributed by atoms with Crippen molar-refractivity contribution < 1.29 is 38.1 Å². The molecule has 290 valence electrons. The van der Waals surface area contributed by atoms with Crippen LogP contribution in [0.2, 0.25) is 0 Å². The highest BCUT2D eigenvalue weighted by Crippen LogP contribution is 2.39. The molecule has 13 heteroatoms. The van der Waals surface area contributed by atoms with Gasteiger partial charge in [-0.05, 0) is 94.0 Å². The van der Waals surface area contributed by atoms with Crippen molar-refractivity contribution in [3.05, 3.63) is 77.4 Å². The Bertz CT molecular complexity index is 1840. The Morgan fingerprint density at radius 1 is 0.870 bits per heavy atom. The number of methoxy groups -OCH3 is 3. The first-order valence-corrected chi connectivity index (χ1v) is 18.4. The third-order valence-electron chi connectivity index (χ3n) is 9.92. The largest absolute Gasteiger partial charge is 0.495 e. The Hall–Kier alpha value is -5.30. The number of rotatable bonds is 17. The lowest BCUT2D eigenvalue weighted by atomic mass is 10.00. The fourth-order valence-electron chi connectivity index (χ4n) is 6.71. The molecule has 1 aliphatic heterocycles. The van der Waals surface area contributed by atoms with Gasteiger partial charge in [-0.25, -0.2) is 9.59 Å². The van der Waals surface area contributed by atoms with Crippen molar-refractivity contribution in [1.29, 1.82) is 0 Å². The number of carbonyl (C=O) groups excluding carboxylic acids is 4. The van der Waals surface area contributed by atoms with E-state index >= 15 is 0 Å². The molecule has 1 saturated carbocycles. The van der Waals surface area contributed by atoms with E-state index in [4.69, 9.17) is 18.9 Å². The number of anilines is 2. The maximum atomic E-state index is 14.3. The van der Waals surface area contributed by atoms with Gasteiger partial charge in [0, 0.05) is 24.8 Å². The zero-order chi connectivity index (χ0) is 39.2. The van der Waals surface area contributed by atoms with Gasteiger partial charge in [0.2, 0.25) is 0 Å². The first-order chi connectivity index (χ1) is 25.7. The number of imide groups is 1. The van der Waals surface area contributed by atoms with E-state index in [1.54, 1.807) is 71.1 Å². The van der Waals surface area contributed by atoms with Crippen LogP contribution in [0.4, 0.5) is 21.0 Å². The third kappa shape index (κ3) is 9.43. The molecule has 13 nitrogen and oxygen atoms in total. The number of aryl methyl sites for hydroxylation is 1. The van der Waals surface area contributed by atoms with Crippen LogP contribution < -0.4 is 30.2 Å². The number of carbonyl (C=O) groups is 4. The van der Waals surface area contributed by atoms with Crippen molar-refractivity contribution in [3.63, 3.8) is 0 Å². The Kier molecular flexibility index (Phi) is 12.7. The summed E-state index contributed by atoms with van der Waals surface area (Å²) in [6, 6.07) is 16.4. The Balaban J connectivity index is 1.34. The van der Waals surface area contributed by atoms with Gasteiger partial charge in [0.25, 0.3) is 5.91 Å². The monoisotopic (exact) mass is 743 g/mol. The number of benzene rings is 3.